The summed E-state index contributed by atoms with van der Waals surface area (Å²) in [5.74, 6) is -2.54. The molecular weight excluding hydrogens is 1390 g/mol. The summed E-state index contributed by atoms with van der Waals surface area (Å²) in [6, 6.07) is 4.25. The molecule has 0 radical (unpaired) electrons. The van der Waals surface area contributed by atoms with Crippen LogP contribution in [-0.4, -0.2) is 184 Å². The molecule has 0 saturated carbocycles. The molecule has 4 fully saturated rings. The molecular formula is C67H76F4N9O20PS. The van der Waals surface area contributed by atoms with Crippen LogP contribution >= 0.6 is 18.9 Å². The zero-order valence-electron chi connectivity index (χ0n) is 55.8. The number of hydrogen-bond donors (Lipinski definition) is 6. The fourth-order valence-corrected chi connectivity index (χ4v) is 14.8. The van der Waals surface area contributed by atoms with Crippen molar-refractivity contribution in [3.63, 3.8) is 0 Å². The number of primary amides is 1. The summed E-state index contributed by atoms with van der Waals surface area (Å²) < 4.78 is 105. The zero-order chi connectivity index (χ0) is 73.9. The summed E-state index contributed by atoms with van der Waals surface area (Å²) in [6.07, 6.45) is -4.37. The van der Waals surface area contributed by atoms with Crippen LogP contribution in [0, 0.1) is 29.4 Å². The Morgan fingerprint density at radius 2 is 1.50 bits per heavy atom. The number of nitrogens with two attached hydrogens (primary N) is 1. The van der Waals surface area contributed by atoms with Gasteiger partial charge in [0, 0.05) is 79.3 Å². The number of carbonyl (C=O) groups is 12. The van der Waals surface area contributed by atoms with E-state index in [1.54, 1.807) is 18.2 Å². The van der Waals surface area contributed by atoms with Gasteiger partial charge in [0.15, 0.2) is 11.6 Å². The number of halogens is 4. The maximum Gasteiger partial charge on any atom is 0.510 e. The molecule has 29 nitrogen and oxygen atoms in total. The predicted octanol–water partition coefficient (Wildman–Crippen LogP) is 6.64. The lowest BCUT2D eigenvalue weighted by Crippen LogP contribution is -2.62. The van der Waals surface area contributed by atoms with E-state index in [1.165, 1.54) is 48.5 Å². The van der Waals surface area contributed by atoms with E-state index in [0.29, 0.717) is 42.4 Å². The highest BCUT2D eigenvalue weighted by atomic mass is 32.1. The van der Waals surface area contributed by atoms with Crippen LogP contribution in [0.1, 0.15) is 141 Å². The number of hydrogen-bond acceptors (Lipinski definition) is 20. The minimum atomic E-state index is -5.85. The highest BCUT2D eigenvalue weighted by Gasteiger charge is 2.56. The number of rotatable bonds is 25. The Kier molecular flexibility index (Phi) is 25.0. The van der Waals surface area contributed by atoms with Gasteiger partial charge in [-0.2, -0.15) is 8.78 Å². The quantitative estimate of drug-likeness (QED) is 0.0101. The van der Waals surface area contributed by atoms with Gasteiger partial charge in [0.1, 0.15) is 30.2 Å². The first-order valence-corrected chi connectivity index (χ1v) is 35.2. The fraction of sp³-hybridized carbons (Fsp3) is 0.493. The molecule has 1 aromatic heterocycles. The van der Waals surface area contributed by atoms with Gasteiger partial charge in [0.2, 0.25) is 54.9 Å². The van der Waals surface area contributed by atoms with Crippen LogP contribution in [0.2, 0.25) is 0 Å². The van der Waals surface area contributed by atoms with Gasteiger partial charge in [-0.3, -0.25) is 62.1 Å². The molecule has 5 aliphatic heterocycles. The van der Waals surface area contributed by atoms with E-state index in [4.69, 9.17) is 24.3 Å². The third-order valence-corrected chi connectivity index (χ3v) is 20.7. The second-order valence-electron chi connectivity index (χ2n) is 25.5. The van der Waals surface area contributed by atoms with Crippen molar-refractivity contribution >= 4 is 101 Å². The average molecular weight is 1470 g/mol. The standard InChI is InChI=1S/C67H76F4N9O20PS/c1-36(2)99-65(92)95-34-97-101(94,98-35-96-66(93)100-37(3)4)67(70,71)42-13-19-53-41(30-42)31-54(102-53)60(86)75-50-33-78(64(90)91)27-24-43-14-17-52(80(43)63(50)89)59(85)73-48(16-20-55(72)81)57(83)74-49(29-39-12-15-46(68)47(69)28-39)62(88)77-25-22-38(23-26-77)8-5-6-9-40-10-7-11-44-45(40)32-79(61(44)87)51-18-21-56(82)76-58(51)84/h7,10-13,15,19,28,30-31,36-38,43,48-52H,5,8,14,16-18,20-27,29,32-35H2,1-4H3,(H2,72,81)(H,73,85)(H,74,83)(H,75,86)(H,90,91)(H,76,82,84)/t43-,48+,49+,50+,51?,52+/m1/s1. The van der Waals surface area contributed by atoms with E-state index in [-0.39, 0.29) is 97.1 Å². The maximum atomic E-state index is 16.5. The molecule has 6 heterocycles. The first kappa shape index (κ1) is 76.5. The smallest absolute Gasteiger partial charge is 0.465 e. The molecule has 1 unspecified atom stereocenters. The van der Waals surface area contributed by atoms with E-state index in [1.807, 2.05) is 0 Å². The third kappa shape index (κ3) is 18.7. The highest BCUT2D eigenvalue weighted by Crippen LogP contribution is 2.67. The minimum absolute atomic E-state index is 0.0186. The van der Waals surface area contributed by atoms with E-state index in [0.717, 1.165) is 52.6 Å². The van der Waals surface area contributed by atoms with Crippen molar-refractivity contribution in [2.45, 2.75) is 165 Å². The molecule has 4 saturated heterocycles. The second kappa shape index (κ2) is 33.4. The normalized spacial score (nSPS) is 19.4. The fourth-order valence-electron chi connectivity index (χ4n) is 12.6. The first-order valence-electron chi connectivity index (χ1n) is 32.9. The molecule has 3 aromatic carbocycles. The lowest BCUT2D eigenvalue weighted by Gasteiger charge is -2.38. The van der Waals surface area contributed by atoms with Crippen molar-refractivity contribution in [3.05, 3.63) is 105 Å². The number of fused-ring (bicyclic) bond motifs is 3. The Balaban J connectivity index is 0.867. The molecule has 0 spiro atoms. The van der Waals surface area contributed by atoms with E-state index in [2.05, 4.69) is 42.6 Å². The van der Waals surface area contributed by atoms with Crippen LogP contribution in [0.15, 0.2) is 60.7 Å². The average Bonchev–Trinajstić information content (AvgIpc) is 1.43. The zero-order valence-corrected chi connectivity index (χ0v) is 57.6. The summed E-state index contributed by atoms with van der Waals surface area (Å²) in [6.45, 7) is 2.81. The van der Waals surface area contributed by atoms with Gasteiger partial charge in [-0.25, -0.2) is 23.2 Å². The summed E-state index contributed by atoms with van der Waals surface area (Å²) in [7, 11) is -5.85. The SMILES string of the molecule is CC(C)OC(=O)OCOP(=O)(OCOC(=O)OC(C)C)C(F)(F)c1ccc2sc(C(=O)N[C@H]3CN(C(=O)O)CC[C@H]4CC[C@@H](C(=O)N[C@@H](CCC(N)=O)C(=O)N[C@@H](Cc5ccc(F)c(F)c5)C(=O)N5CCC(CCC#Cc6cccc7c6CN(C6CCC(=O)NC6=O)C7=O)CC5)N4C3=O)cc2c1. The Labute approximate surface area is 585 Å². The summed E-state index contributed by atoms with van der Waals surface area (Å²) in [5.41, 5.74) is 1.75. The van der Waals surface area contributed by atoms with Crippen LogP contribution in [-0.2, 0) is 84.8 Å². The number of likely N-dealkylation sites (tertiary alicyclic amines) is 1. The molecule has 9 rings (SSSR count). The number of ether oxygens (including phenoxy) is 4. The summed E-state index contributed by atoms with van der Waals surface area (Å²) in [5, 5.41) is 20.2. The summed E-state index contributed by atoms with van der Waals surface area (Å²) in [4.78, 5) is 164. The van der Waals surface area contributed by atoms with Gasteiger partial charge < -0.3 is 65.3 Å². The highest BCUT2D eigenvalue weighted by molar-refractivity contribution is 7.54. The van der Waals surface area contributed by atoms with Crippen molar-refractivity contribution in [1.82, 2.24) is 40.9 Å². The van der Waals surface area contributed by atoms with Crippen molar-refractivity contribution in [3.8, 4) is 11.8 Å². The Morgan fingerprint density at radius 3 is 2.15 bits per heavy atom. The number of nitrogens with one attached hydrogen (secondary N) is 4. The van der Waals surface area contributed by atoms with Crippen LogP contribution < -0.4 is 27.0 Å². The van der Waals surface area contributed by atoms with Gasteiger partial charge in [0.05, 0.1) is 23.6 Å². The number of piperidine rings is 2. The van der Waals surface area contributed by atoms with Gasteiger partial charge in [-0.05, 0) is 144 Å². The van der Waals surface area contributed by atoms with Gasteiger partial charge in [-0.15, -0.1) is 11.3 Å². The molecule has 0 aliphatic carbocycles. The predicted molar refractivity (Wildman–Crippen MR) is 350 cm³/mol. The number of thiophene rings is 1. The molecule has 0 bridgehead atoms. The Bertz CT molecular complexity index is 4020. The number of amides is 10. The van der Waals surface area contributed by atoms with Crippen LogP contribution in [0.3, 0.4) is 0 Å². The molecule has 548 valence electrons. The van der Waals surface area contributed by atoms with Gasteiger partial charge >= 0.3 is 31.7 Å². The number of benzene rings is 3. The van der Waals surface area contributed by atoms with Crippen LogP contribution in [0.4, 0.5) is 31.9 Å². The lowest BCUT2D eigenvalue weighted by atomic mass is 9.91. The van der Waals surface area contributed by atoms with E-state index >= 15 is 8.78 Å². The minimum Gasteiger partial charge on any atom is -0.465 e. The van der Waals surface area contributed by atoms with Gasteiger partial charge in [-0.1, -0.05) is 30.0 Å². The number of alkyl halides is 2. The van der Waals surface area contributed by atoms with Gasteiger partial charge in [0.25, 0.3) is 11.8 Å². The maximum absolute atomic E-state index is 16.5. The lowest BCUT2D eigenvalue weighted by molar-refractivity contribution is -0.144. The molecule has 35 heteroatoms. The van der Waals surface area contributed by atoms with Crippen molar-refractivity contribution in [1.29, 1.82) is 0 Å². The third-order valence-electron chi connectivity index (χ3n) is 17.7. The topological polar surface area (TPSA) is 385 Å². The second-order valence-corrected chi connectivity index (χ2v) is 28.6. The van der Waals surface area contributed by atoms with E-state index < -0.39 is 178 Å². The molecule has 7 N–H and O–H groups in total. The number of carboxylic acid groups (broad SMARTS) is 1. The molecule has 10 amide bonds. The molecule has 4 aromatic rings. The Hall–Kier alpha value is -9.71. The number of nitrogens with zero attached hydrogens (tertiary/aromatic N) is 4. The number of carbonyl (C=O) groups excluding carboxylic acids is 11. The monoisotopic (exact) mass is 1470 g/mol. The molecule has 102 heavy (non-hydrogen) atoms. The van der Waals surface area contributed by atoms with Crippen LogP contribution in [0.25, 0.3) is 10.1 Å². The van der Waals surface area contributed by atoms with Crippen molar-refractivity contribution in [2.24, 2.45) is 11.7 Å². The van der Waals surface area contributed by atoms with Crippen LogP contribution in [0.5, 0.6) is 0 Å². The largest absolute Gasteiger partial charge is 0.510 e. The first-order chi connectivity index (χ1) is 48.4. The van der Waals surface area contributed by atoms with E-state index in [9.17, 15) is 76.0 Å². The Morgan fingerprint density at radius 1 is 0.814 bits per heavy atom. The number of imide groups is 1. The van der Waals surface area contributed by atoms with Crippen molar-refractivity contribution in [2.75, 3.05) is 39.8 Å². The molecule has 6 atom stereocenters. The van der Waals surface area contributed by atoms with Crippen molar-refractivity contribution < 1.29 is 113 Å². The molecule has 5 aliphatic rings. The summed E-state index contributed by atoms with van der Waals surface area (Å²) >= 11 is 0.745.